The zero-order chi connectivity index (χ0) is 17.5. The van der Waals surface area contributed by atoms with E-state index >= 15 is 0 Å². The van der Waals surface area contributed by atoms with Crippen molar-refractivity contribution in [2.45, 2.75) is 83.8 Å². The Bertz CT molecular complexity index is 288. The molecular weight excluding hydrogens is 300 g/mol. The van der Waals surface area contributed by atoms with E-state index in [0.29, 0.717) is 25.7 Å². The zero-order valence-electron chi connectivity index (χ0n) is 14.5. The molecule has 0 saturated heterocycles. The number of hydrogen-bond acceptors (Lipinski definition) is 6. The molecule has 0 aliphatic rings. The highest BCUT2D eigenvalue weighted by Gasteiger charge is 2.12. The molecule has 2 atom stereocenters. The lowest BCUT2D eigenvalue weighted by Gasteiger charge is -2.10. The lowest BCUT2D eigenvalue weighted by atomic mass is 10.1. The Morgan fingerprint density at radius 3 is 1.52 bits per heavy atom. The molecule has 0 spiro atoms. The van der Waals surface area contributed by atoms with Gasteiger partial charge in [-0.15, -0.1) is 0 Å². The number of aliphatic hydroxyl groups excluding tert-OH is 2. The van der Waals surface area contributed by atoms with Gasteiger partial charge in [-0.1, -0.05) is 26.7 Å². The molecule has 0 fully saturated rings. The van der Waals surface area contributed by atoms with Crippen molar-refractivity contribution in [1.29, 1.82) is 0 Å². The van der Waals surface area contributed by atoms with E-state index in [1.54, 1.807) is 0 Å². The standard InChI is InChI=1S/C17H32O6/c1-3-7-14(18)9-5-11-22-16(20)13-17(21)23-12-6-10-15(19)8-4-2/h14-15,18-19H,3-13H2,1-2H3. The summed E-state index contributed by atoms with van der Waals surface area (Å²) in [6.07, 6.45) is 4.56. The maximum absolute atomic E-state index is 11.4. The van der Waals surface area contributed by atoms with Gasteiger partial charge in [0, 0.05) is 0 Å². The minimum atomic E-state index is -0.606. The second-order valence-corrected chi connectivity index (χ2v) is 5.79. The first-order valence-electron chi connectivity index (χ1n) is 8.66. The molecule has 0 heterocycles. The van der Waals surface area contributed by atoms with Gasteiger partial charge in [-0.25, -0.2) is 0 Å². The number of carbonyl (C=O) groups excluding carboxylic acids is 2. The number of esters is 2. The van der Waals surface area contributed by atoms with Gasteiger partial charge in [0.2, 0.25) is 0 Å². The van der Waals surface area contributed by atoms with Crippen LogP contribution in [0.4, 0.5) is 0 Å². The minimum absolute atomic E-state index is 0.204. The molecule has 0 aromatic rings. The quantitative estimate of drug-likeness (QED) is 0.288. The highest BCUT2D eigenvalue weighted by Crippen LogP contribution is 2.06. The lowest BCUT2D eigenvalue weighted by molar-refractivity contribution is -0.154. The summed E-state index contributed by atoms with van der Waals surface area (Å²) in [5, 5.41) is 19.0. The average Bonchev–Trinajstić information content (AvgIpc) is 2.49. The normalized spacial score (nSPS) is 13.4. The Morgan fingerprint density at radius 1 is 0.783 bits per heavy atom. The topological polar surface area (TPSA) is 93.1 Å². The van der Waals surface area contributed by atoms with Crippen LogP contribution in [0.5, 0.6) is 0 Å². The highest BCUT2D eigenvalue weighted by molar-refractivity contribution is 5.91. The molecule has 23 heavy (non-hydrogen) atoms. The third kappa shape index (κ3) is 14.2. The van der Waals surface area contributed by atoms with Crippen LogP contribution >= 0.6 is 0 Å². The molecule has 0 aromatic carbocycles. The molecule has 0 saturated carbocycles. The first-order chi connectivity index (χ1) is 11.0. The second-order valence-electron chi connectivity index (χ2n) is 5.79. The van der Waals surface area contributed by atoms with Crippen LogP contribution in [0, 0.1) is 0 Å². The van der Waals surface area contributed by atoms with Crippen LogP contribution in [0.3, 0.4) is 0 Å². The van der Waals surface area contributed by atoms with Crippen LogP contribution in [-0.2, 0) is 19.1 Å². The van der Waals surface area contributed by atoms with Crippen LogP contribution in [0.25, 0.3) is 0 Å². The van der Waals surface area contributed by atoms with Crippen molar-refractivity contribution in [2.24, 2.45) is 0 Å². The van der Waals surface area contributed by atoms with Gasteiger partial charge < -0.3 is 19.7 Å². The van der Waals surface area contributed by atoms with Crippen molar-refractivity contribution < 1.29 is 29.3 Å². The second kappa shape index (κ2) is 14.5. The van der Waals surface area contributed by atoms with E-state index in [0.717, 1.165) is 25.7 Å². The van der Waals surface area contributed by atoms with Crippen molar-refractivity contribution in [3.63, 3.8) is 0 Å². The highest BCUT2D eigenvalue weighted by atomic mass is 16.6. The number of hydrogen-bond donors (Lipinski definition) is 2. The number of ether oxygens (including phenoxy) is 2. The molecule has 6 nitrogen and oxygen atoms in total. The van der Waals surface area contributed by atoms with E-state index in [-0.39, 0.29) is 25.4 Å². The van der Waals surface area contributed by atoms with Crippen molar-refractivity contribution in [3.05, 3.63) is 0 Å². The predicted octanol–water partition coefficient (Wildman–Crippen LogP) is 2.35. The van der Waals surface area contributed by atoms with Crippen molar-refractivity contribution in [1.82, 2.24) is 0 Å². The van der Waals surface area contributed by atoms with E-state index in [9.17, 15) is 19.8 Å². The lowest BCUT2D eigenvalue weighted by Crippen LogP contribution is -2.16. The Kier molecular flexibility index (Phi) is 13.7. The van der Waals surface area contributed by atoms with Gasteiger partial charge >= 0.3 is 11.9 Å². The Morgan fingerprint density at radius 2 is 1.17 bits per heavy atom. The molecule has 136 valence electrons. The van der Waals surface area contributed by atoms with E-state index in [1.165, 1.54) is 0 Å². The molecular formula is C17H32O6. The zero-order valence-corrected chi connectivity index (χ0v) is 14.5. The summed E-state index contributed by atoms with van der Waals surface area (Å²) in [4.78, 5) is 22.8. The first kappa shape index (κ1) is 21.9. The van der Waals surface area contributed by atoms with Gasteiger partial charge in [0.05, 0.1) is 25.4 Å². The number of rotatable bonds is 14. The first-order valence-corrected chi connectivity index (χ1v) is 8.66. The summed E-state index contributed by atoms with van der Waals surface area (Å²) in [5.41, 5.74) is 0. The fraction of sp³-hybridized carbons (Fsp3) is 0.882. The molecule has 2 N–H and O–H groups in total. The third-order valence-corrected chi connectivity index (χ3v) is 3.42. The molecule has 6 heteroatoms. The summed E-state index contributed by atoms with van der Waals surface area (Å²) < 4.78 is 9.85. The maximum atomic E-state index is 11.4. The Labute approximate surface area is 139 Å². The number of aliphatic hydroxyl groups is 2. The van der Waals surface area contributed by atoms with Crippen molar-refractivity contribution >= 4 is 11.9 Å². The van der Waals surface area contributed by atoms with Crippen LogP contribution in [-0.4, -0.2) is 47.6 Å². The fourth-order valence-corrected chi connectivity index (χ4v) is 2.18. The Balaban J connectivity index is 3.56. The average molecular weight is 332 g/mol. The van der Waals surface area contributed by atoms with E-state index in [4.69, 9.17) is 9.47 Å². The van der Waals surface area contributed by atoms with Crippen LogP contribution in [0.2, 0.25) is 0 Å². The summed E-state index contributed by atoms with van der Waals surface area (Å²) >= 11 is 0. The van der Waals surface area contributed by atoms with Gasteiger partial charge in [0.1, 0.15) is 6.42 Å². The maximum Gasteiger partial charge on any atom is 0.317 e. The SMILES string of the molecule is CCCC(O)CCCOC(=O)CC(=O)OCCCC(O)CCC. The molecule has 2 unspecified atom stereocenters. The minimum Gasteiger partial charge on any atom is -0.465 e. The van der Waals surface area contributed by atoms with Crippen LogP contribution in [0.15, 0.2) is 0 Å². The molecule has 0 aromatic heterocycles. The summed E-state index contributed by atoms with van der Waals surface area (Å²) in [7, 11) is 0. The number of carbonyl (C=O) groups is 2. The largest absolute Gasteiger partial charge is 0.465 e. The van der Waals surface area contributed by atoms with Gasteiger partial charge in [0.15, 0.2) is 0 Å². The van der Waals surface area contributed by atoms with Crippen molar-refractivity contribution in [3.8, 4) is 0 Å². The molecule has 0 bridgehead atoms. The monoisotopic (exact) mass is 332 g/mol. The van der Waals surface area contributed by atoms with Gasteiger partial charge in [-0.2, -0.15) is 0 Å². The van der Waals surface area contributed by atoms with Crippen LogP contribution < -0.4 is 0 Å². The molecule has 0 rings (SSSR count). The molecule has 0 amide bonds. The summed E-state index contributed by atoms with van der Waals surface area (Å²) in [6.45, 7) is 4.41. The summed E-state index contributed by atoms with van der Waals surface area (Å²) in [6, 6.07) is 0. The van der Waals surface area contributed by atoms with Crippen LogP contribution in [0.1, 0.15) is 71.6 Å². The van der Waals surface area contributed by atoms with E-state index in [2.05, 4.69) is 0 Å². The third-order valence-electron chi connectivity index (χ3n) is 3.42. The fourth-order valence-electron chi connectivity index (χ4n) is 2.18. The molecule has 0 aliphatic heterocycles. The van der Waals surface area contributed by atoms with Crippen molar-refractivity contribution in [2.75, 3.05) is 13.2 Å². The molecule has 0 radical (unpaired) electrons. The van der Waals surface area contributed by atoms with E-state index in [1.807, 2.05) is 13.8 Å². The van der Waals surface area contributed by atoms with Gasteiger partial charge in [-0.3, -0.25) is 9.59 Å². The van der Waals surface area contributed by atoms with Gasteiger partial charge in [-0.05, 0) is 38.5 Å². The van der Waals surface area contributed by atoms with E-state index < -0.39 is 18.4 Å². The predicted molar refractivity (Wildman–Crippen MR) is 86.8 cm³/mol. The summed E-state index contributed by atoms with van der Waals surface area (Å²) in [5.74, 6) is -1.21. The molecule has 0 aliphatic carbocycles. The van der Waals surface area contributed by atoms with Gasteiger partial charge in [0.25, 0.3) is 0 Å². The Hall–Kier alpha value is -1.14. The smallest absolute Gasteiger partial charge is 0.317 e.